The fourth-order valence-corrected chi connectivity index (χ4v) is 1.60. The molecule has 0 saturated heterocycles. The molecule has 0 aliphatic rings. The molecule has 2 nitrogen and oxygen atoms in total. The predicted octanol–water partition coefficient (Wildman–Crippen LogP) is 2.99. The summed E-state index contributed by atoms with van der Waals surface area (Å²) in [6.07, 6.45) is -0.521. The van der Waals surface area contributed by atoms with Gasteiger partial charge in [-0.2, -0.15) is 0 Å². The van der Waals surface area contributed by atoms with Crippen molar-refractivity contribution >= 4 is 16.8 Å². The van der Waals surface area contributed by atoms with Gasteiger partial charge in [0.2, 0.25) is 0 Å². The summed E-state index contributed by atoms with van der Waals surface area (Å²) < 4.78 is 5.47. The average molecular weight is 227 g/mol. The SMILES string of the molecule is CC(C)[C@H](OCc1ccccc1)C(=O)Cl. The molecule has 1 atom stereocenters. The van der Waals surface area contributed by atoms with E-state index >= 15 is 0 Å². The third-order valence-corrected chi connectivity index (χ3v) is 2.32. The zero-order valence-corrected chi connectivity index (χ0v) is 9.70. The van der Waals surface area contributed by atoms with Gasteiger partial charge in [0.05, 0.1) is 6.61 Å². The van der Waals surface area contributed by atoms with Crippen LogP contribution < -0.4 is 0 Å². The second kappa shape index (κ2) is 5.89. The Balaban J connectivity index is 2.51. The molecule has 0 radical (unpaired) electrons. The third kappa shape index (κ3) is 4.02. The standard InChI is InChI=1S/C12H15ClO2/c1-9(2)11(12(13)14)15-8-10-6-4-3-5-7-10/h3-7,9,11H,8H2,1-2H3/t11-/m0/s1. The highest BCUT2D eigenvalue weighted by atomic mass is 35.5. The van der Waals surface area contributed by atoms with Gasteiger partial charge in [-0.1, -0.05) is 44.2 Å². The summed E-state index contributed by atoms with van der Waals surface area (Å²) in [4.78, 5) is 11.0. The van der Waals surface area contributed by atoms with Crippen molar-refractivity contribution in [1.29, 1.82) is 0 Å². The number of ether oxygens (including phenoxy) is 1. The van der Waals surface area contributed by atoms with Gasteiger partial charge in [0.1, 0.15) is 6.10 Å². The van der Waals surface area contributed by atoms with E-state index in [1.54, 1.807) is 0 Å². The molecular formula is C12H15ClO2. The van der Waals surface area contributed by atoms with Gasteiger partial charge in [0.25, 0.3) is 5.24 Å². The van der Waals surface area contributed by atoms with Crippen molar-refractivity contribution in [2.24, 2.45) is 5.92 Å². The van der Waals surface area contributed by atoms with Crippen molar-refractivity contribution in [3.8, 4) is 0 Å². The fourth-order valence-electron chi connectivity index (χ4n) is 1.28. The maximum absolute atomic E-state index is 11.0. The smallest absolute Gasteiger partial charge is 0.250 e. The van der Waals surface area contributed by atoms with E-state index in [1.807, 2.05) is 44.2 Å². The first kappa shape index (κ1) is 12.2. The Labute approximate surface area is 95.2 Å². The van der Waals surface area contributed by atoms with Crippen LogP contribution in [-0.2, 0) is 16.1 Å². The largest absolute Gasteiger partial charge is 0.364 e. The molecule has 0 amide bonds. The molecule has 15 heavy (non-hydrogen) atoms. The van der Waals surface area contributed by atoms with Crippen LogP contribution in [0.2, 0.25) is 0 Å². The highest BCUT2D eigenvalue weighted by Gasteiger charge is 2.20. The van der Waals surface area contributed by atoms with Gasteiger partial charge < -0.3 is 4.74 Å². The topological polar surface area (TPSA) is 26.3 Å². The number of hydrogen-bond donors (Lipinski definition) is 0. The Bertz CT molecular complexity index is 309. The van der Waals surface area contributed by atoms with Crippen LogP contribution in [0.5, 0.6) is 0 Å². The third-order valence-electron chi connectivity index (χ3n) is 2.10. The molecule has 0 N–H and O–H groups in total. The van der Waals surface area contributed by atoms with E-state index in [4.69, 9.17) is 16.3 Å². The van der Waals surface area contributed by atoms with E-state index in [0.29, 0.717) is 6.61 Å². The van der Waals surface area contributed by atoms with Crippen LogP contribution in [0.15, 0.2) is 30.3 Å². The first-order valence-corrected chi connectivity index (χ1v) is 5.34. The van der Waals surface area contributed by atoms with Crippen molar-refractivity contribution < 1.29 is 9.53 Å². The van der Waals surface area contributed by atoms with Crippen LogP contribution in [0.1, 0.15) is 19.4 Å². The van der Waals surface area contributed by atoms with E-state index in [1.165, 1.54) is 0 Å². The predicted molar refractivity (Wildman–Crippen MR) is 60.7 cm³/mol. The van der Waals surface area contributed by atoms with Gasteiger partial charge in [-0.15, -0.1) is 0 Å². The van der Waals surface area contributed by atoms with Crippen LogP contribution in [0.4, 0.5) is 0 Å². The van der Waals surface area contributed by atoms with Gasteiger partial charge in [0, 0.05) is 0 Å². The minimum atomic E-state index is -0.521. The Morgan fingerprint density at radius 2 is 1.93 bits per heavy atom. The molecule has 0 unspecified atom stereocenters. The summed E-state index contributed by atoms with van der Waals surface area (Å²) in [6.45, 7) is 4.24. The first-order valence-electron chi connectivity index (χ1n) is 4.96. The highest BCUT2D eigenvalue weighted by Crippen LogP contribution is 2.12. The molecule has 1 aromatic carbocycles. The lowest BCUT2D eigenvalue weighted by Crippen LogP contribution is -2.26. The summed E-state index contributed by atoms with van der Waals surface area (Å²) in [7, 11) is 0. The lowest BCUT2D eigenvalue weighted by atomic mass is 10.1. The van der Waals surface area contributed by atoms with E-state index in [9.17, 15) is 4.79 Å². The molecule has 0 aliphatic carbocycles. The molecular weight excluding hydrogens is 212 g/mol. The summed E-state index contributed by atoms with van der Waals surface area (Å²) in [5.41, 5.74) is 1.04. The Kier molecular flexibility index (Phi) is 4.79. The van der Waals surface area contributed by atoms with Crippen molar-refractivity contribution in [3.05, 3.63) is 35.9 Å². The van der Waals surface area contributed by atoms with E-state index in [-0.39, 0.29) is 5.92 Å². The Hall–Kier alpha value is -0.860. The first-order chi connectivity index (χ1) is 7.11. The molecule has 82 valence electrons. The van der Waals surface area contributed by atoms with Crippen LogP contribution in [0.3, 0.4) is 0 Å². The van der Waals surface area contributed by atoms with E-state index < -0.39 is 11.3 Å². The summed E-state index contributed by atoms with van der Waals surface area (Å²) >= 11 is 5.44. The maximum atomic E-state index is 11.0. The molecule has 0 bridgehead atoms. The Morgan fingerprint density at radius 1 is 1.33 bits per heavy atom. The van der Waals surface area contributed by atoms with E-state index in [2.05, 4.69) is 0 Å². The van der Waals surface area contributed by atoms with Crippen molar-refractivity contribution in [3.63, 3.8) is 0 Å². The number of rotatable bonds is 5. The highest BCUT2D eigenvalue weighted by molar-refractivity contribution is 6.64. The zero-order chi connectivity index (χ0) is 11.3. The summed E-state index contributed by atoms with van der Waals surface area (Å²) in [6, 6.07) is 9.72. The number of carbonyl (C=O) groups excluding carboxylic acids is 1. The Morgan fingerprint density at radius 3 is 2.40 bits per heavy atom. The van der Waals surface area contributed by atoms with Crippen LogP contribution in [-0.4, -0.2) is 11.3 Å². The normalized spacial score (nSPS) is 12.8. The lowest BCUT2D eigenvalue weighted by Gasteiger charge is -2.17. The maximum Gasteiger partial charge on any atom is 0.250 e. The van der Waals surface area contributed by atoms with Crippen LogP contribution in [0.25, 0.3) is 0 Å². The summed E-state index contributed by atoms with van der Waals surface area (Å²) in [5, 5.41) is -0.430. The molecule has 1 rings (SSSR count). The molecule has 0 heterocycles. The number of carbonyl (C=O) groups is 1. The van der Waals surface area contributed by atoms with Crippen molar-refractivity contribution in [2.45, 2.75) is 26.6 Å². The van der Waals surface area contributed by atoms with Gasteiger partial charge in [-0.05, 0) is 23.1 Å². The second-order valence-electron chi connectivity index (χ2n) is 3.77. The van der Waals surface area contributed by atoms with Gasteiger partial charge in [-0.3, -0.25) is 4.79 Å². The zero-order valence-electron chi connectivity index (χ0n) is 8.94. The van der Waals surface area contributed by atoms with Gasteiger partial charge >= 0.3 is 0 Å². The van der Waals surface area contributed by atoms with Gasteiger partial charge in [0.15, 0.2) is 0 Å². The van der Waals surface area contributed by atoms with Crippen molar-refractivity contribution in [2.75, 3.05) is 0 Å². The average Bonchev–Trinajstić information content (AvgIpc) is 2.18. The molecule has 0 fully saturated rings. The van der Waals surface area contributed by atoms with Crippen LogP contribution >= 0.6 is 11.6 Å². The van der Waals surface area contributed by atoms with Crippen molar-refractivity contribution in [1.82, 2.24) is 0 Å². The van der Waals surface area contributed by atoms with E-state index in [0.717, 1.165) is 5.56 Å². The molecule has 0 aliphatic heterocycles. The molecule has 0 saturated carbocycles. The lowest BCUT2D eigenvalue weighted by molar-refractivity contribution is -0.126. The monoisotopic (exact) mass is 226 g/mol. The minimum Gasteiger partial charge on any atom is -0.364 e. The fraction of sp³-hybridized carbons (Fsp3) is 0.417. The number of benzene rings is 1. The minimum absolute atomic E-state index is 0.0960. The van der Waals surface area contributed by atoms with Crippen LogP contribution in [0, 0.1) is 5.92 Å². The molecule has 1 aromatic rings. The number of halogens is 1. The quantitative estimate of drug-likeness (QED) is 0.722. The molecule has 0 aromatic heterocycles. The van der Waals surface area contributed by atoms with Gasteiger partial charge in [-0.25, -0.2) is 0 Å². The summed E-state index contributed by atoms with van der Waals surface area (Å²) in [5.74, 6) is 0.0960. The molecule has 0 spiro atoms. The second-order valence-corrected chi connectivity index (χ2v) is 4.14. The number of hydrogen-bond acceptors (Lipinski definition) is 2. The molecule has 3 heteroatoms.